The van der Waals surface area contributed by atoms with Crippen LogP contribution in [-0.2, 0) is 0 Å². The van der Waals surface area contributed by atoms with E-state index in [9.17, 15) is 0 Å². The number of aryl methyl sites for hydroxylation is 1. The predicted molar refractivity (Wildman–Crippen MR) is 104 cm³/mol. The molecule has 2 rings (SSSR count). The van der Waals surface area contributed by atoms with Gasteiger partial charge in [-0.1, -0.05) is 51.7 Å². The molecule has 0 fully saturated rings. The Kier molecular flexibility index (Phi) is 14.7. The average molecular weight is 324 g/mol. The number of phenols is 1. The van der Waals surface area contributed by atoms with E-state index < -0.39 is 0 Å². The molecule has 0 aliphatic rings. The van der Waals surface area contributed by atoms with Crippen LogP contribution >= 0.6 is 0 Å². The first-order valence-electron chi connectivity index (χ1n) is 7.97. The van der Waals surface area contributed by atoms with E-state index in [1.54, 1.807) is 25.3 Å². The van der Waals surface area contributed by atoms with Crippen LogP contribution in [0.1, 0.15) is 44.4 Å². The van der Waals surface area contributed by atoms with E-state index >= 15 is 0 Å². The lowest BCUT2D eigenvalue weighted by atomic mass is 10.1. The number of hydrogen-bond acceptors (Lipinski definition) is 2. The minimum atomic E-state index is 0.260. The highest BCUT2D eigenvalue weighted by Gasteiger charge is 1.93. The maximum absolute atomic E-state index is 9.14. The molecular weight excluding hydrogens is 296 g/mol. The van der Waals surface area contributed by atoms with Crippen LogP contribution in [0.2, 0.25) is 0 Å². The van der Waals surface area contributed by atoms with Gasteiger partial charge < -0.3 is 9.84 Å². The van der Waals surface area contributed by atoms with E-state index in [1.165, 1.54) is 0 Å². The van der Waals surface area contributed by atoms with E-state index in [2.05, 4.69) is 11.8 Å². The van der Waals surface area contributed by atoms with Gasteiger partial charge in [0.05, 0.1) is 7.11 Å². The van der Waals surface area contributed by atoms with Crippen molar-refractivity contribution < 1.29 is 9.84 Å². The van der Waals surface area contributed by atoms with E-state index in [1.807, 2.05) is 58.9 Å². The van der Waals surface area contributed by atoms with E-state index in [4.69, 9.17) is 22.7 Å². The third-order valence-corrected chi connectivity index (χ3v) is 2.61. The summed E-state index contributed by atoms with van der Waals surface area (Å²) in [5, 5.41) is 9.14. The molecular formula is C22H28O2. The Morgan fingerprint density at radius 1 is 0.875 bits per heavy atom. The number of phenolic OH excluding ortho intramolecular Hbond substituents is 1. The second kappa shape index (κ2) is 15.1. The molecule has 0 saturated carbocycles. The van der Waals surface area contributed by atoms with Gasteiger partial charge in [-0.2, -0.15) is 0 Å². The molecule has 0 heterocycles. The Balaban J connectivity index is 0. The van der Waals surface area contributed by atoms with Crippen molar-refractivity contribution in [2.45, 2.75) is 34.6 Å². The van der Waals surface area contributed by atoms with Crippen LogP contribution in [0.5, 0.6) is 11.5 Å². The summed E-state index contributed by atoms with van der Waals surface area (Å²) in [5.74, 6) is 6.02. The topological polar surface area (TPSA) is 29.5 Å². The number of ether oxygens (including phenoxy) is 1. The summed E-state index contributed by atoms with van der Waals surface area (Å²) >= 11 is 0. The Morgan fingerprint density at radius 3 is 1.88 bits per heavy atom. The van der Waals surface area contributed by atoms with Crippen molar-refractivity contribution in [3.63, 3.8) is 0 Å². The standard InChI is InChI=1S/2C9H8O.2C2H6/c1-3-8-5-4-7(2)9(10)6-8;1-3-8-5-4-6-9(7-8)10-2;2*1-2/h1,4-6,10H,2H3;1,4-7H,2H3;2*1-2H3. The van der Waals surface area contributed by atoms with Gasteiger partial charge in [-0.25, -0.2) is 0 Å². The highest BCUT2D eigenvalue weighted by atomic mass is 16.5. The smallest absolute Gasteiger partial charge is 0.120 e. The molecule has 0 radical (unpaired) electrons. The maximum atomic E-state index is 9.14. The molecule has 1 N–H and O–H groups in total. The number of aromatic hydroxyl groups is 1. The second-order valence-electron chi connectivity index (χ2n) is 4.02. The van der Waals surface area contributed by atoms with Gasteiger partial charge >= 0.3 is 0 Å². The number of terminal acetylenes is 2. The Morgan fingerprint density at radius 2 is 1.42 bits per heavy atom. The maximum Gasteiger partial charge on any atom is 0.120 e. The normalized spacial score (nSPS) is 7.67. The minimum absolute atomic E-state index is 0.260. The highest BCUT2D eigenvalue weighted by Crippen LogP contribution is 2.16. The number of hydrogen-bond donors (Lipinski definition) is 1. The van der Waals surface area contributed by atoms with Crippen molar-refractivity contribution in [3.05, 3.63) is 59.2 Å². The van der Waals surface area contributed by atoms with Crippen LogP contribution in [0.15, 0.2) is 42.5 Å². The number of rotatable bonds is 1. The summed E-state index contributed by atoms with van der Waals surface area (Å²) in [6, 6.07) is 12.6. The minimum Gasteiger partial charge on any atom is -0.508 e. The largest absolute Gasteiger partial charge is 0.508 e. The quantitative estimate of drug-likeness (QED) is 0.711. The highest BCUT2D eigenvalue weighted by molar-refractivity contribution is 5.42. The number of methoxy groups -OCH3 is 1. The fourth-order valence-corrected chi connectivity index (χ4v) is 1.41. The first-order chi connectivity index (χ1) is 11.6. The van der Waals surface area contributed by atoms with E-state index in [0.717, 1.165) is 16.9 Å². The van der Waals surface area contributed by atoms with Crippen molar-refractivity contribution >= 4 is 0 Å². The molecule has 0 amide bonds. The van der Waals surface area contributed by atoms with Gasteiger partial charge in [0.15, 0.2) is 0 Å². The lowest BCUT2D eigenvalue weighted by molar-refractivity contribution is 0.414. The number of benzene rings is 2. The summed E-state index contributed by atoms with van der Waals surface area (Å²) in [6.07, 6.45) is 10.3. The monoisotopic (exact) mass is 324 g/mol. The molecule has 0 unspecified atom stereocenters. The zero-order valence-corrected chi connectivity index (χ0v) is 15.6. The van der Waals surface area contributed by atoms with Crippen LogP contribution in [0.3, 0.4) is 0 Å². The Labute approximate surface area is 147 Å². The molecule has 0 atom stereocenters. The molecule has 0 aromatic heterocycles. The van der Waals surface area contributed by atoms with Crippen LogP contribution < -0.4 is 4.74 Å². The van der Waals surface area contributed by atoms with Crippen LogP contribution in [0.25, 0.3) is 0 Å². The van der Waals surface area contributed by atoms with Crippen molar-refractivity contribution in [1.82, 2.24) is 0 Å². The molecule has 2 nitrogen and oxygen atoms in total. The average Bonchev–Trinajstić information content (AvgIpc) is 2.67. The summed E-state index contributed by atoms with van der Waals surface area (Å²) in [4.78, 5) is 0. The van der Waals surface area contributed by atoms with Gasteiger partial charge in [0.1, 0.15) is 11.5 Å². The molecule has 24 heavy (non-hydrogen) atoms. The molecule has 2 aromatic rings. The summed E-state index contributed by atoms with van der Waals surface area (Å²) in [7, 11) is 1.62. The lowest BCUT2D eigenvalue weighted by Crippen LogP contribution is -1.82. The molecule has 2 heteroatoms. The van der Waals surface area contributed by atoms with Gasteiger partial charge in [0.25, 0.3) is 0 Å². The molecule has 128 valence electrons. The molecule has 0 bridgehead atoms. The SMILES string of the molecule is C#Cc1ccc(C)c(O)c1.C#Cc1cccc(OC)c1.CC.CC. The van der Waals surface area contributed by atoms with Crippen molar-refractivity contribution in [2.24, 2.45) is 0 Å². The lowest BCUT2D eigenvalue weighted by Gasteiger charge is -1.97. The zero-order chi connectivity index (χ0) is 19.0. The fraction of sp³-hybridized carbons (Fsp3) is 0.273. The van der Waals surface area contributed by atoms with Gasteiger partial charge in [-0.15, -0.1) is 12.8 Å². The van der Waals surface area contributed by atoms with Crippen LogP contribution in [0, 0.1) is 31.6 Å². The van der Waals surface area contributed by atoms with Gasteiger partial charge in [0.2, 0.25) is 0 Å². The Hall–Kier alpha value is -2.84. The first kappa shape index (κ1) is 23.4. The molecule has 0 aliphatic heterocycles. The Bertz CT molecular complexity index is 658. The molecule has 0 saturated heterocycles. The van der Waals surface area contributed by atoms with Crippen molar-refractivity contribution in [1.29, 1.82) is 0 Å². The van der Waals surface area contributed by atoms with Crippen molar-refractivity contribution in [2.75, 3.05) is 7.11 Å². The zero-order valence-electron chi connectivity index (χ0n) is 15.6. The third-order valence-electron chi connectivity index (χ3n) is 2.61. The van der Waals surface area contributed by atoms with E-state index in [-0.39, 0.29) is 5.75 Å². The molecule has 0 spiro atoms. The van der Waals surface area contributed by atoms with Crippen molar-refractivity contribution in [3.8, 4) is 36.2 Å². The predicted octanol–water partition coefficient (Wildman–Crippen LogP) is 5.41. The van der Waals surface area contributed by atoms with Gasteiger partial charge in [-0.05, 0) is 42.8 Å². The fourth-order valence-electron chi connectivity index (χ4n) is 1.41. The van der Waals surface area contributed by atoms with Crippen LogP contribution in [-0.4, -0.2) is 12.2 Å². The summed E-state index contributed by atoms with van der Waals surface area (Å²) in [5.41, 5.74) is 2.40. The molecule has 0 aliphatic carbocycles. The second-order valence-corrected chi connectivity index (χ2v) is 4.02. The summed E-state index contributed by atoms with van der Waals surface area (Å²) in [6.45, 7) is 9.83. The molecule has 2 aromatic carbocycles. The van der Waals surface area contributed by atoms with Gasteiger partial charge in [0, 0.05) is 11.1 Å². The van der Waals surface area contributed by atoms with E-state index in [0.29, 0.717) is 5.56 Å². The van der Waals surface area contributed by atoms with Crippen LogP contribution in [0.4, 0.5) is 0 Å². The third kappa shape index (κ3) is 9.23. The first-order valence-corrected chi connectivity index (χ1v) is 7.97. The van der Waals surface area contributed by atoms with Gasteiger partial charge in [-0.3, -0.25) is 0 Å². The summed E-state index contributed by atoms with van der Waals surface area (Å²) < 4.78 is 4.96.